The molecular formula is C22H32Cl2N4O5S. The van der Waals surface area contributed by atoms with Crippen LogP contribution in [0.15, 0.2) is 29.7 Å². The van der Waals surface area contributed by atoms with Crippen molar-refractivity contribution >= 4 is 50.8 Å². The maximum absolute atomic E-state index is 13.1. The summed E-state index contributed by atoms with van der Waals surface area (Å²) in [5, 5.41) is 12.5. The van der Waals surface area contributed by atoms with Gasteiger partial charge in [-0.05, 0) is 35.7 Å². The van der Waals surface area contributed by atoms with Gasteiger partial charge in [0, 0.05) is 28.3 Å². The zero-order valence-electron chi connectivity index (χ0n) is 19.9. The maximum Gasteiger partial charge on any atom is 0.243 e. The predicted molar refractivity (Wildman–Crippen MR) is 134 cm³/mol. The van der Waals surface area contributed by atoms with Gasteiger partial charge in [0.2, 0.25) is 17.7 Å². The van der Waals surface area contributed by atoms with Crippen molar-refractivity contribution in [3.63, 3.8) is 0 Å². The maximum atomic E-state index is 13.1. The van der Waals surface area contributed by atoms with Crippen molar-refractivity contribution in [3.8, 4) is 0 Å². The second-order valence-corrected chi connectivity index (χ2v) is 11.5. The molecule has 0 saturated heterocycles. The largest absolute Gasteiger partial charge is 0.351 e. The van der Waals surface area contributed by atoms with E-state index in [0.29, 0.717) is 22.2 Å². The summed E-state index contributed by atoms with van der Waals surface area (Å²) in [5.41, 5.74) is -0.122. The summed E-state index contributed by atoms with van der Waals surface area (Å²) in [6.07, 6.45) is 2.32. The van der Waals surface area contributed by atoms with Crippen molar-refractivity contribution in [2.45, 2.75) is 39.8 Å². The molecule has 12 heteroatoms. The van der Waals surface area contributed by atoms with Crippen LogP contribution >= 0.6 is 23.2 Å². The van der Waals surface area contributed by atoms with Gasteiger partial charge in [0.1, 0.15) is 12.1 Å². The predicted octanol–water partition coefficient (Wildman–Crippen LogP) is 1.97. The number of hydrogen-bond acceptors (Lipinski definition) is 6. The zero-order chi connectivity index (χ0) is 26.1. The summed E-state index contributed by atoms with van der Waals surface area (Å²) in [6.45, 7) is 7.32. The van der Waals surface area contributed by atoms with Gasteiger partial charge in [-0.25, -0.2) is 8.42 Å². The highest BCUT2D eigenvalue weighted by atomic mass is 35.5. The number of carbonyl (C=O) groups is 3. The molecule has 0 bridgehead atoms. The lowest BCUT2D eigenvalue weighted by atomic mass is 9.85. The van der Waals surface area contributed by atoms with Crippen molar-refractivity contribution < 1.29 is 22.8 Å². The molecule has 0 unspecified atom stereocenters. The first kappa shape index (κ1) is 29.9. The molecule has 0 aromatic heterocycles. The van der Waals surface area contributed by atoms with Crippen LogP contribution in [0.25, 0.3) is 0 Å². The first-order valence-electron chi connectivity index (χ1n) is 10.5. The number of halogens is 2. The normalized spacial score (nSPS) is 13.9. The van der Waals surface area contributed by atoms with Gasteiger partial charge in [-0.3, -0.25) is 14.4 Å². The molecule has 9 nitrogen and oxygen atoms in total. The van der Waals surface area contributed by atoms with E-state index in [1.165, 1.54) is 6.08 Å². The smallest absolute Gasteiger partial charge is 0.243 e. The summed E-state index contributed by atoms with van der Waals surface area (Å²) >= 11 is 12.2. The molecule has 1 aromatic rings. The number of carbonyl (C=O) groups excluding carboxylic acids is 3. The molecule has 0 aliphatic rings. The third-order valence-electron chi connectivity index (χ3n) is 4.49. The Morgan fingerprint density at radius 2 is 1.62 bits per heavy atom. The van der Waals surface area contributed by atoms with Crippen molar-refractivity contribution in [1.29, 1.82) is 0 Å². The molecule has 0 aliphatic heterocycles. The Hall–Kier alpha value is -2.14. The fourth-order valence-corrected chi connectivity index (χ4v) is 3.93. The van der Waals surface area contributed by atoms with Crippen molar-refractivity contribution in [1.82, 2.24) is 21.3 Å². The Morgan fingerprint density at radius 3 is 2.12 bits per heavy atom. The van der Waals surface area contributed by atoms with Gasteiger partial charge in [-0.2, -0.15) is 0 Å². The fraction of sp³-hybridized carbons (Fsp3) is 0.500. The van der Waals surface area contributed by atoms with Crippen molar-refractivity contribution in [2.75, 3.05) is 25.9 Å². The van der Waals surface area contributed by atoms with Gasteiger partial charge >= 0.3 is 0 Å². The third kappa shape index (κ3) is 10.9. The second-order valence-electron chi connectivity index (χ2n) is 8.72. The first-order valence-corrected chi connectivity index (χ1v) is 13.3. The lowest BCUT2D eigenvalue weighted by Crippen LogP contribution is -2.56. The molecule has 3 amide bonds. The van der Waals surface area contributed by atoms with E-state index < -0.39 is 45.1 Å². The molecule has 190 valence electrons. The summed E-state index contributed by atoms with van der Waals surface area (Å²) < 4.78 is 22.1. The summed E-state index contributed by atoms with van der Waals surface area (Å²) in [5.74, 6) is -1.50. The van der Waals surface area contributed by atoms with Crippen LogP contribution in [0, 0.1) is 5.41 Å². The lowest BCUT2D eigenvalue weighted by Gasteiger charge is -2.32. The monoisotopic (exact) mass is 534 g/mol. The molecule has 0 fully saturated rings. The fourth-order valence-electron chi connectivity index (χ4n) is 2.94. The molecule has 0 saturated carbocycles. The van der Waals surface area contributed by atoms with E-state index in [-0.39, 0.29) is 13.1 Å². The zero-order valence-corrected chi connectivity index (χ0v) is 22.2. The van der Waals surface area contributed by atoms with Gasteiger partial charge < -0.3 is 21.3 Å². The molecule has 0 aliphatic carbocycles. The number of hydrogen-bond donors (Lipinski definition) is 4. The topological polar surface area (TPSA) is 133 Å². The van der Waals surface area contributed by atoms with Gasteiger partial charge in [-0.1, -0.05) is 57.0 Å². The highest BCUT2D eigenvalue weighted by molar-refractivity contribution is 7.93. The molecule has 0 heterocycles. The van der Waals surface area contributed by atoms with E-state index in [0.717, 1.165) is 11.7 Å². The quantitative estimate of drug-likeness (QED) is 0.343. The Kier molecular flexibility index (Phi) is 11.5. The average Bonchev–Trinajstić information content (AvgIpc) is 2.69. The molecular weight excluding hydrogens is 503 g/mol. The van der Waals surface area contributed by atoms with Crippen molar-refractivity contribution in [3.05, 3.63) is 45.3 Å². The molecule has 1 rings (SSSR count). The van der Waals surface area contributed by atoms with Gasteiger partial charge in [-0.15, -0.1) is 0 Å². The number of nitrogens with one attached hydrogen (secondary N) is 4. The summed E-state index contributed by atoms with van der Waals surface area (Å²) in [6, 6.07) is 3.04. The Balaban J connectivity index is 2.87. The minimum atomic E-state index is -3.28. The summed E-state index contributed by atoms with van der Waals surface area (Å²) in [7, 11) is -3.28. The van der Waals surface area contributed by atoms with Gasteiger partial charge in [0.05, 0.1) is 6.54 Å². The average molecular weight is 535 g/mol. The van der Waals surface area contributed by atoms with E-state index in [2.05, 4.69) is 21.3 Å². The van der Waals surface area contributed by atoms with E-state index in [1.54, 1.807) is 39.0 Å². The van der Waals surface area contributed by atoms with Gasteiger partial charge in [0.25, 0.3) is 0 Å². The van der Waals surface area contributed by atoms with Crippen LogP contribution in [0.3, 0.4) is 0 Å². The van der Waals surface area contributed by atoms with Crippen LogP contribution in [-0.4, -0.2) is 58.1 Å². The highest BCUT2D eigenvalue weighted by Gasteiger charge is 2.35. The van der Waals surface area contributed by atoms with Crippen LogP contribution in [0.4, 0.5) is 0 Å². The van der Waals surface area contributed by atoms with E-state index >= 15 is 0 Å². The first-order chi connectivity index (χ1) is 15.6. The molecule has 1 aromatic carbocycles. The lowest BCUT2D eigenvalue weighted by molar-refractivity contribution is -0.133. The number of rotatable bonds is 11. The van der Waals surface area contributed by atoms with E-state index in [9.17, 15) is 22.8 Å². The molecule has 0 radical (unpaired) electrons. The molecule has 0 spiro atoms. The highest BCUT2D eigenvalue weighted by Crippen LogP contribution is 2.25. The van der Waals surface area contributed by atoms with E-state index in [1.807, 2.05) is 6.92 Å². The minimum absolute atomic E-state index is 0.00618. The molecule has 34 heavy (non-hydrogen) atoms. The van der Waals surface area contributed by atoms with E-state index in [4.69, 9.17) is 23.2 Å². The Bertz CT molecular complexity index is 1000. The standard InChI is InChI=1S/C22H32Cl2N4O5S/c1-6-25-18(14-10-15(23)12-16(24)11-14)20(30)28-19(22(2,3)4)21(31)27-13-17(29)26-8-7-9-34(5,32)33/h7,9-12,18-19,25H,6,8,13H2,1-5H3,(H,26,29)(H,27,31)(H,28,30)/t18-,19+/m0/s1. The number of sulfone groups is 1. The minimum Gasteiger partial charge on any atom is -0.351 e. The second kappa shape index (κ2) is 13.1. The number of amides is 3. The van der Waals surface area contributed by atoms with Crippen LogP contribution in [0.2, 0.25) is 10.0 Å². The number of benzene rings is 1. The number of likely N-dealkylation sites (N-methyl/N-ethyl adjacent to an activating group) is 1. The van der Waals surface area contributed by atoms with Crippen LogP contribution in [-0.2, 0) is 24.2 Å². The van der Waals surface area contributed by atoms with Crippen LogP contribution < -0.4 is 21.3 Å². The van der Waals surface area contributed by atoms with Gasteiger partial charge in [0.15, 0.2) is 9.84 Å². The molecule has 2 atom stereocenters. The van der Waals surface area contributed by atoms with Crippen LogP contribution in [0.5, 0.6) is 0 Å². The third-order valence-corrected chi connectivity index (χ3v) is 5.61. The van der Waals surface area contributed by atoms with Crippen LogP contribution in [0.1, 0.15) is 39.3 Å². The Labute approximate surface area is 210 Å². The molecule has 4 N–H and O–H groups in total. The Morgan fingerprint density at radius 1 is 1.03 bits per heavy atom. The SMILES string of the molecule is CCN[C@H](C(=O)N[C@H](C(=O)NCC(=O)NCC=CS(C)(=O)=O)C(C)(C)C)c1cc(Cl)cc(Cl)c1. The van der Waals surface area contributed by atoms with Crippen molar-refractivity contribution in [2.24, 2.45) is 5.41 Å². The summed E-state index contributed by atoms with van der Waals surface area (Å²) in [4.78, 5) is 38.0.